The lowest BCUT2D eigenvalue weighted by molar-refractivity contribution is -0.140. The van der Waals surface area contributed by atoms with Crippen LogP contribution in [0.15, 0.2) is 29.4 Å². The fourth-order valence-corrected chi connectivity index (χ4v) is 1.96. The number of carboxylic acid groups (broad SMARTS) is 1. The maximum absolute atomic E-state index is 11.6. The molecule has 1 unspecified atom stereocenters. The molecule has 0 aromatic carbocycles. The quantitative estimate of drug-likeness (QED) is 0.743. The molecule has 0 aromatic rings. The van der Waals surface area contributed by atoms with Crippen LogP contribution in [0.5, 0.6) is 0 Å². The monoisotopic (exact) mass is 254 g/mol. The zero-order chi connectivity index (χ0) is 13.0. The smallest absolute Gasteiger partial charge is 0.304 e. The minimum absolute atomic E-state index is 0.285. The molecule has 5 nitrogen and oxygen atoms in total. The molecule has 1 atom stereocenters. The maximum atomic E-state index is 11.6. The van der Waals surface area contributed by atoms with Gasteiger partial charge in [0.1, 0.15) is 0 Å². The van der Waals surface area contributed by atoms with Crippen molar-refractivity contribution in [3.8, 4) is 0 Å². The molecule has 1 aliphatic heterocycles. The van der Waals surface area contributed by atoms with Crippen LogP contribution >= 0.6 is 11.8 Å². The molecule has 1 aliphatic rings. The Balaban J connectivity index is 2.70. The summed E-state index contributed by atoms with van der Waals surface area (Å²) in [7, 11) is 0. The summed E-state index contributed by atoms with van der Waals surface area (Å²) in [6.45, 7) is 9.25. The Morgan fingerprint density at radius 1 is 1.65 bits per heavy atom. The number of rotatable bonds is 4. The van der Waals surface area contributed by atoms with Crippen molar-refractivity contribution in [2.75, 3.05) is 5.75 Å². The second-order valence-electron chi connectivity index (χ2n) is 3.79. The number of hydrogen-bond acceptors (Lipinski definition) is 4. The first-order valence-corrected chi connectivity index (χ1v) is 5.96. The van der Waals surface area contributed by atoms with E-state index in [9.17, 15) is 9.59 Å². The largest absolute Gasteiger partial charge is 0.481 e. The number of aliphatic carboxylic acids is 1. The molecule has 2 N–H and O–H groups in total. The molecule has 0 fully saturated rings. The van der Waals surface area contributed by atoms with Gasteiger partial charge in [0.2, 0.25) is 5.91 Å². The topological polar surface area (TPSA) is 78.8 Å². The van der Waals surface area contributed by atoms with Gasteiger partial charge in [-0.3, -0.25) is 9.59 Å². The summed E-state index contributed by atoms with van der Waals surface area (Å²) in [6.07, 6.45) is -0.285. The highest BCUT2D eigenvalue weighted by molar-refractivity contribution is 8.14. The Labute approximate surface area is 104 Å². The van der Waals surface area contributed by atoms with E-state index >= 15 is 0 Å². The molecule has 1 amide bonds. The number of carbonyl (C=O) groups is 2. The number of aliphatic imine (C=N–C) groups is 1. The number of nitrogens with zero attached hydrogens (tertiary/aromatic N) is 1. The predicted octanol–water partition coefficient (Wildman–Crippen LogP) is 1.39. The van der Waals surface area contributed by atoms with E-state index in [0.717, 1.165) is 5.57 Å². The zero-order valence-corrected chi connectivity index (χ0v) is 10.3. The molecule has 0 aliphatic carbocycles. The van der Waals surface area contributed by atoms with Gasteiger partial charge in [0.15, 0.2) is 5.17 Å². The van der Waals surface area contributed by atoms with Crippen molar-refractivity contribution in [2.24, 2.45) is 10.9 Å². The average Bonchev–Trinajstić information content (AvgIpc) is 2.20. The van der Waals surface area contributed by atoms with Crippen molar-refractivity contribution in [2.45, 2.75) is 13.3 Å². The van der Waals surface area contributed by atoms with Crippen LogP contribution in [0.1, 0.15) is 13.3 Å². The van der Waals surface area contributed by atoms with Crippen LogP contribution in [0.4, 0.5) is 0 Å². The summed E-state index contributed by atoms with van der Waals surface area (Å²) in [6, 6.07) is 0. The molecule has 0 saturated heterocycles. The molecule has 0 bridgehead atoms. The van der Waals surface area contributed by atoms with Crippen LogP contribution < -0.4 is 5.32 Å². The number of amides is 1. The van der Waals surface area contributed by atoms with Gasteiger partial charge in [-0.1, -0.05) is 30.5 Å². The lowest BCUT2D eigenvalue weighted by Crippen LogP contribution is -2.39. The third-order valence-electron chi connectivity index (χ3n) is 2.03. The van der Waals surface area contributed by atoms with Crippen molar-refractivity contribution >= 4 is 28.8 Å². The Bertz CT molecular complexity index is 415. The molecule has 0 saturated carbocycles. The molecule has 17 heavy (non-hydrogen) atoms. The van der Waals surface area contributed by atoms with Gasteiger partial charge in [-0.15, -0.1) is 0 Å². The highest BCUT2D eigenvalue weighted by atomic mass is 32.2. The van der Waals surface area contributed by atoms with Crippen LogP contribution in [0.25, 0.3) is 0 Å². The Morgan fingerprint density at radius 3 is 2.76 bits per heavy atom. The van der Waals surface area contributed by atoms with Crippen molar-refractivity contribution in [3.63, 3.8) is 0 Å². The van der Waals surface area contributed by atoms with Crippen LogP contribution in [0.3, 0.4) is 0 Å². The second-order valence-corrected chi connectivity index (χ2v) is 4.76. The normalized spacial score (nSPS) is 19.6. The lowest BCUT2D eigenvalue weighted by atomic mass is 10.0. The molecule has 6 heteroatoms. The number of hydrogen-bond donors (Lipinski definition) is 2. The van der Waals surface area contributed by atoms with Gasteiger partial charge in [0, 0.05) is 11.4 Å². The van der Waals surface area contributed by atoms with Crippen LogP contribution in [-0.2, 0) is 9.59 Å². The number of carbonyl (C=O) groups excluding carboxylic acids is 1. The number of amidine groups is 1. The Hall–Kier alpha value is -1.56. The van der Waals surface area contributed by atoms with Crippen molar-refractivity contribution in [1.82, 2.24) is 5.32 Å². The van der Waals surface area contributed by atoms with E-state index < -0.39 is 11.9 Å². The van der Waals surface area contributed by atoms with E-state index in [-0.39, 0.29) is 12.3 Å². The highest BCUT2D eigenvalue weighted by Gasteiger charge is 2.29. The van der Waals surface area contributed by atoms with Gasteiger partial charge in [-0.2, -0.15) is 0 Å². The maximum Gasteiger partial charge on any atom is 0.304 e. The molecule has 92 valence electrons. The van der Waals surface area contributed by atoms with E-state index in [1.807, 2.05) is 6.92 Å². The molecule has 0 radical (unpaired) electrons. The first-order valence-electron chi connectivity index (χ1n) is 4.97. The SMILES string of the molecule is C=C(C)CSC1=NC(=C)C(CC(=O)O)C(=O)N1. The van der Waals surface area contributed by atoms with Crippen LogP contribution in [0, 0.1) is 5.92 Å². The third kappa shape index (κ3) is 4.07. The standard InChI is InChI=1S/C11H14N2O3S/c1-6(2)5-17-11-12-7(3)8(4-9(14)15)10(16)13-11/h8H,1,3-5H2,2H3,(H,14,15)(H,12,13,16). The summed E-state index contributed by atoms with van der Waals surface area (Å²) < 4.78 is 0. The summed E-state index contributed by atoms with van der Waals surface area (Å²) in [4.78, 5) is 26.3. The molecule has 0 spiro atoms. The van der Waals surface area contributed by atoms with Gasteiger partial charge in [-0.25, -0.2) is 4.99 Å². The first-order chi connectivity index (χ1) is 7.90. The minimum atomic E-state index is -1.04. The first kappa shape index (κ1) is 13.5. The third-order valence-corrected chi connectivity index (χ3v) is 3.13. The summed E-state index contributed by atoms with van der Waals surface area (Å²) >= 11 is 1.34. The highest BCUT2D eigenvalue weighted by Crippen LogP contribution is 2.22. The van der Waals surface area contributed by atoms with Gasteiger partial charge < -0.3 is 10.4 Å². The van der Waals surface area contributed by atoms with E-state index in [2.05, 4.69) is 23.5 Å². The Morgan fingerprint density at radius 2 is 2.29 bits per heavy atom. The fourth-order valence-electron chi connectivity index (χ4n) is 1.23. The summed E-state index contributed by atoms with van der Waals surface area (Å²) in [5, 5.41) is 11.7. The van der Waals surface area contributed by atoms with Gasteiger partial charge >= 0.3 is 5.97 Å². The fraction of sp³-hybridized carbons (Fsp3) is 0.364. The second kappa shape index (κ2) is 5.67. The van der Waals surface area contributed by atoms with Crippen molar-refractivity contribution < 1.29 is 14.7 Å². The molecule has 1 heterocycles. The summed E-state index contributed by atoms with van der Waals surface area (Å²) in [5.74, 6) is -1.53. The zero-order valence-electron chi connectivity index (χ0n) is 9.52. The van der Waals surface area contributed by atoms with E-state index in [1.165, 1.54) is 11.8 Å². The Kier molecular flexibility index (Phi) is 4.51. The van der Waals surface area contributed by atoms with E-state index in [4.69, 9.17) is 5.11 Å². The van der Waals surface area contributed by atoms with Crippen molar-refractivity contribution in [3.05, 3.63) is 24.4 Å². The average molecular weight is 254 g/mol. The van der Waals surface area contributed by atoms with Crippen LogP contribution in [0.2, 0.25) is 0 Å². The number of nitrogens with one attached hydrogen (secondary N) is 1. The number of thioether (sulfide) groups is 1. The molecule has 0 aromatic heterocycles. The molecular formula is C11H14N2O3S. The summed E-state index contributed by atoms with van der Waals surface area (Å²) in [5.41, 5.74) is 1.26. The predicted molar refractivity (Wildman–Crippen MR) is 67.7 cm³/mol. The van der Waals surface area contributed by atoms with Gasteiger partial charge in [0.25, 0.3) is 0 Å². The molecule has 1 rings (SSSR count). The van der Waals surface area contributed by atoms with Crippen molar-refractivity contribution in [1.29, 1.82) is 0 Å². The van der Waals surface area contributed by atoms with E-state index in [0.29, 0.717) is 16.6 Å². The van der Waals surface area contributed by atoms with Crippen LogP contribution in [-0.4, -0.2) is 27.9 Å². The minimum Gasteiger partial charge on any atom is -0.481 e. The van der Waals surface area contributed by atoms with Gasteiger partial charge in [0.05, 0.1) is 12.3 Å². The van der Waals surface area contributed by atoms with Gasteiger partial charge in [-0.05, 0) is 6.92 Å². The number of carboxylic acids is 1. The van der Waals surface area contributed by atoms with E-state index in [1.54, 1.807) is 0 Å². The lowest BCUT2D eigenvalue weighted by Gasteiger charge is -2.21. The molecular weight excluding hydrogens is 240 g/mol.